The summed E-state index contributed by atoms with van der Waals surface area (Å²) in [7, 11) is 1.76. The lowest BCUT2D eigenvalue weighted by Crippen LogP contribution is -2.36. The molecule has 0 atom stereocenters. The normalized spacial score (nSPS) is 11.3. The van der Waals surface area contributed by atoms with Crippen molar-refractivity contribution in [1.82, 2.24) is 0 Å². The molecule has 1 rings (SSSR count). The van der Waals surface area contributed by atoms with Crippen molar-refractivity contribution in [2.75, 3.05) is 11.9 Å². The molecule has 0 heterocycles. The van der Waals surface area contributed by atoms with Crippen molar-refractivity contribution >= 4 is 23.2 Å². The Balaban J connectivity index is 2.95. The van der Waals surface area contributed by atoms with Gasteiger partial charge in [-0.1, -0.05) is 38.4 Å². The first-order chi connectivity index (χ1) is 6.82. The van der Waals surface area contributed by atoms with E-state index in [0.717, 1.165) is 5.69 Å². The molecule has 0 N–H and O–H groups in total. The van der Waals surface area contributed by atoms with Gasteiger partial charge in [0.15, 0.2) is 0 Å². The Morgan fingerprint density at radius 3 is 2.40 bits per heavy atom. The second-order valence-corrected chi connectivity index (χ2v) is 5.03. The number of hydrogen-bond acceptors (Lipinski definition) is 1. The third-order valence-corrected chi connectivity index (χ3v) is 2.38. The standard InChI is InChI=1S/C12H16ClNO/c1-12(2,3)11(15)14(4)10-7-5-6-9(13)8-10/h5-8H,1-4H3. The number of carbonyl (C=O) groups excluding carboxylic acids is 1. The van der Waals surface area contributed by atoms with E-state index >= 15 is 0 Å². The van der Waals surface area contributed by atoms with Gasteiger partial charge in [-0.2, -0.15) is 0 Å². The van der Waals surface area contributed by atoms with Crippen molar-refractivity contribution in [3.63, 3.8) is 0 Å². The van der Waals surface area contributed by atoms with Crippen LogP contribution in [0.1, 0.15) is 20.8 Å². The van der Waals surface area contributed by atoms with Gasteiger partial charge >= 0.3 is 0 Å². The Kier molecular flexibility index (Phi) is 3.40. The highest BCUT2D eigenvalue weighted by atomic mass is 35.5. The zero-order valence-electron chi connectivity index (χ0n) is 9.54. The number of nitrogens with zero attached hydrogens (tertiary/aromatic N) is 1. The maximum Gasteiger partial charge on any atom is 0.232 e. The second kappa shape index (κ2) is 4.23. The molecule has 3 heteroatoms. The number of rotatable bonds is 1. The minimum atomic E-state index is -0.378. The van der Waals surface area contributed by atoms with Crippen LogP contribution in [0, 0.1) is 5.41 Å². The number of hydrogen-bond donors (Lipinski definition) is 0. The molecule has 0 radical (unpaired) electrons. The Labute approximate surface area is 95.8 Å². The van der Waals surface area contributed by atoms with E-state index in [0.29, 0.717) is 5.02 Å². The number of carbonyl (C=O) groups is 1. The van der Waals surface area contributed by atoms with Gasteiger partial charge in [0.2, 0.25) is 5.91 Å². The quantitative estimate of drug-likeness (QED) is 0.718. The second-order valence-electron chi connectivity index (χ2n) is 4.59. The topological polar surface area (TPSA) is 20.3 Å². The molecule has 0 unspecified atom stereocenters. The van der Waals surface area contributed by atoms with E-state index in [4.69, 9.17) is 11.6 Å². The minimum absolute atomic E-state index is 0.0739. The first-order valence-corrected chi connectivity index (χ1v) is 5.24. The fourth-order valence-electron chi connectivity index (χ4n) is 1.31. The zero-order chi connectivity index (χ0) is 11.6. The van der Waals surface area contributed by atoms with E-state index in [1.165, 1.54) is 0 Å². The Bertz CT molecular complexity index is 368. The molecule has 0 fully saturated rings. The van der Waals surface area contributed by atoms with Crippen LogP contribution >= 0.6 is 11.6 Å². The van der Waals surface area contributed by atoms with Crippen LogP contribution in [0.4, 0.5) is 5.69 Å². The molecule has 0 spiro atoms. The van der Waals surface area contributed by atoms with Crippen molar-refractivity contribution in [1.29, 1.82) is 0 Å². The minimum Gasteiger partial charge on any atom is -0.315 e. The molecular formula is C12H16ClNO. The first-order valence-electron chi connectivity index (χ1n) is 4.86. The maximum absolute atomic E-state index is 12.0. The molecule has 15 heavy (non-hydrogen) atoms. The number of halogens is 1. The molecule has 1 aromatic carbocycles. The summed E-state index contributed by atoms with van der Waals surface area (Å²) >= 11 is 5.87. The van der Waals surface area contributed by atoms with E-state index in [2.05, 4.69) is 0 Å². The summed E-state index contributed by atoms with van der Waals surface area (Å²) in [6, 6.07) is 7.28. The largest absolute Gasteiger partial charge is 0.315 e. The summed E-state index contributed by atoms with van der Waals surface area (Å²) in [4.78, 5) is 13.6. The van der Waals surface area contributed by atoms with E-state index in [-0.39, 0.29) is 11.3 Å². The van der Waals surface area contributed by atoms with Gasteiger partial charge in [-0.25, -0.2) is 0 Å². The molecule has 0 aliphatic carbocycles. The molecule has 0 aromatic heterocycles. The molecule has 0 saturated heterocycles. The molecule has 0 aliphatic rings. The van der Waals surface area contributed by atoms with Gasteiger partial charge < -0.3 is 4.90 Å². The van der Waals surface area contributed by atoms with Crippen LogP contribution in [0.3, 0.4) is 0 Å². The van der Waals surface area contributed by atoms with Gasteiger partial charge in [-0.15, -0.1) is 0 Å². The van der Waals surface area contributed by atoms with Crippen LogP contribution in [0.2, 0.25) is 5.02 Å². The summed E-state index contributed by atoms with van der Waals surface area (Å²) in [5.41, 5.74) is 0.444. The highest BCUT2D eigenvalue weighted by molar-refractivity contribution is 6.30. The third kappa shape index (κ3) is 2.96. The predicted molar refractivity (Wildman–Crippen MR) is 64.3 cm³/mol. The monoisotopic (exact) mass is 225 g/mol. The van der Waals surface area contributed by atoms with Crippen LogP contribution in [-0.4, -0.2) is 13.0 Å². The maximum atomic E-state index is 12.0. The van der Waals surface area contributed by atoms with Gasteiger partial charge in [-0.3, -0.25) is 4.79 Å². The predicted octanol–water partition coefficient (Wildman–Crippen LogP) is 3.35. The van der Waals surface area contributed by atoms with Crippen LogP contribution in [0.5, 0.6) is 0 Å². The molecule has 1 aromatic rings. The highest BCUT2D eigenvalue weighted by Crippen LogP contribution is 2.23. The molecule has 0 saturated carbocycles. The molecule has 1 amide bonds. The molecular weight excluding hydrogens is 210 g/mol. The number of amides is 1. The van der Waals surface area contributed by atoms with Crippen molar-refractivity contribution < 1.29 is 4.79 Å². The van der Waals surface area contributed by atoms with Crippen LogP contribution in [-0.2, 0) is 4.79 Å². The summed E-state index contributed by atoms with van der Waals surface area (Å²) in [5, 5.41) is 0.640. The summed E-state index contributed by atoms with van der Waals surface area (Å²) in [6.45, 7) is 5.70. The highest BCUT2D eigenvalue weighted by Gasteiger charge is 2.25. The van der Waals surface area contributed by atoms with Gasteiger partial charge in [0.25, 0.3) is 0 Å². The van der Waals surface area contributed by atoms with Gasteiger partial charge in [0, 0.05) is 23.2 Å². The van der Waals surface area contributed by atoms with Crippen LogP contribution in [0.25, 0.3) is 0 Å². The van der Waals surface area contributed by atoms with E-state index in [1.807, 2.05) is 32.9 Å². The van der Waals surface area contributed by atoms with Crippen molar-refractivity contribution in [2.24, 2.45) is 5.41 Å². The number of benzene rings is 1. The van der Waals surface area contributed by atoms with E-state index in [1.54, 1.807) is 24.1 Å². The Morgan fingerprint density at radius 1 is 1.33 bits per heavy atom. The summed E-state index contributed by atoms with van der Waals surface area (Å²) in [6.07, 6.45) is 0. The van der Waals surface area contributed by atoms with Crippen molar-refractivity contribution in [3.8, 4) is 0 Å². The lowest BCUT2D eigenvalue weighted by molar-refractivity contribution is -0.125. The van der Waals surface area contributed by atoms with E-state index in [9.17, 15) is 4.79 Å². The molecule has 0 aliphatic heterocycles. The Hall–Kier alpha value is -1.02. The first kappa shape index (κ1) is 12.1. The van der Waals surface area contributed by atoms with Crippen molar-refractivity contribution in [2.45, 2.75) is 20.8 Å². The molecule has 0 bridgehead atoms. The lowest BCUT2D eigenvalue weighted by Gasteiger charge is -2.26. The SMILES string of the molecule is CN(C(=O)C(C)(C)C)c1cccc(Cl)c1. The lowest BCUT2D eigenvalue weighted by atomic mass is 9.95. The fraction of sp³-hybridized carbons (Fsp3) is 0.417. The summed E-state index contributed by atoms with van der Waals surface area (Å²) in [5.74, 6) is 0.0739. The van der Waals surface area contributed by atoms with Crippen LogP contribution < -0.4 is 4.90 Å². The van der Waals surface area contributed by atoms with Crippen LogP contribution in [0.15, 0.2) is 24.3 Å². The zero-order valence-corrected chi connectivity index (χ0v) is 10.3. The van der Waals surface area contributed by atoms with Gasteiger partial charge in [-0.05, 0) is 18.2 Å². The smallest absolute Gasteiger partial charge is 0.232 e. The van der Waals surface area contributed by atoms with E-state index < -0.39 is 0 Å². The Morgan fingerprint density at radius 2 is 1.93 bits per heavy atom. The molecule has 82 valence electrons. The average Bonchev–Trinajstić information content (AvgIpc) is 2.14. The number of anilines is 1. The molecule has 2 nitrogen and oxygen atoms in total. The fourth-order valence-corrected chi connectivity index (χ4v) is 1.49. The van der Waals surface area contributed by atoms with Crippen molar-refractivity contribution in [3.05, 3.63) is 29.3 Å². The average molecular weight is 226 g/mol. The summed E-state index contributed by atoms with van der Waals surface area (Å²) < 4.78 is 0. The third-order valence-electron chi connectivity index (χ3n) is 2.14. The van der Waals surface area contributed by atoms with Gasteiger partial charge in [0.1, 0.15) is 0 Å². The van der Waals surface area contributed by atoms with Gasteiger partial charge in [0.05, 0.1) is 0 Å².